The number of aryl methyl sites for hydroxylation is 2. The number of hydrogen-bond donors (Lipinski definition) is 2. The van der Waals surface area contributed by atoms with Crippen molar-refractivity contribution in [3.8, 4) is 0 Å². The molecule has 33 heavy (non-hydrogen) atoms. The molecule has 0 aromatic heterocycles. The summed E-state index contributed by atoms with van der Waals surface area (Å²) < 4.78 is 0. The standard InChI is InChI=1S/C26H38N4O3/c1-9-29-20-14-30(19(12-15(2)3)23(31)28-26(6,7)8)24(32)21(20)22(27-25(29)33)18-11-10-16(4)13-17(18)5/h10-11,13,15,19,22H,9,12,14H2,1-8H3,(H,27,33)(H,28,31)/t19-,22-/m0/s1. The fourth-order valence-corrected chi connectivity index (χ4v) is 4.76. The van der Waals surface area contributed by atoms with E-state index in [-0.39, 0.29) is 30.3 Å². The summed E-state index contributed by atoms with van der Waals surface area (Å²) in [4.78, 5) is 43.4. The molecule has 2 aliphatic heterocycles. The van der Waals surface area contributed by atoms with Crippen LogP contribution in [0.1, 0.15) is 70.7 Å². The quantitative estimate of drug-likeness (QED) is 0.686. The fourth-order valence-electron chi connectivity index (χ4n) is 4.76. The zero-order valence-corrected chi connectivity index (χ0v) is 21.2. The minimum absolute atomic E-state index is 0.158. The Labute approximate surface area is 197 Å². The first kappa shape index (κ1) is 24.8. The molecule has 2 aliphatic rings. The summed E-state index contributed by atoms with van der Waals surface area (Å²) in [6.07, 6.45) is 0.552. The van der Waals surface area contributed by atoms with Gasteiger partial charge in [-0.15, -0.1) is 0 Å². The van der Waals surface area contributed by atoms with Gasteiger partial charge in [0.15, 0.2) is 0 Å². The summed E-state index contributed by atoms with van der Waals surface area (Å²) in [5.74, 6) is -0.110. The van der Waals surface area contributed by atoms with Crippen LogP contribution in [-0.4, -0.2) is 52.3 Å². The fraction of sp³-hybridized carbons (Fsp3) is 0.577. The van der Waals surface area contributed by atoms with E-state index in [1.807, 2.05) is 67.5 Å². The zero-order valence-electron chi connectivity index (χ0n) is 21.2. The molecule has 4 amide bonds. The van der Waals surface area contributed by atoms with Gasteiger partial charge in [-0.05, 0) is 65.0 Å². The van der Waals surface area contributed by atoms with Crippen molar-refractivity contribution in [3.63, 3.8) is 0 Å². The molecule has 3 rings (SSSR count). The molecule has 2 heterocycles. The van der Waals surface area contributed by atoms with E-state index in [0.29, 0.717) is 24.2 Å². The van der Waals surface area contributed by atoms with Crippen LogP contribution in [0.2, 0.25) is 0 Å². The van der Waals surface area contributed by atoms with E-state index in [2.05, 4.69) is 16.7 Å². The lowest BCUT2D eigenvalue weighted by molar-refractivity contribution is -0.137. The van der Waals surface area contributed by atoms with Gasteiger partial charge in [-0.2, -0.15) is 0 Å². The SMILES string of the molecule is CCN1C(=O)N[C@@H](c2ccc(C)cc2C)C2=C1CN([C@@H](CC(C)C)C(=O)NC(C)(C)C)C2=O. The lowest BCUT2D eigenvalue weighted by Crippen LogP contribution is -2.53. The minimum Gasteiger partial charge on any atom is -0.350 e. The summed E-state index contributed by atoms with van der Waals surface area (Å²) in [5.41, 5.74) is 3.92. The maximum Gasteiger partial charge on any atom is 0.322 e. The molecule has 0 saturated heterocycles. The van der Waals surface area contributed by atoms with Crippen molar-refractivity contribution < 1.29 is 14.4 Å². The number of carbonyl (C=O) groups is 3. The molecule has 0 spiro atoms. The van der Waals surface area contributed by atoms with E-state index in [4.69, 9.17) is 0 Å². The molecule has 0 aliphatic carbocycles. The number of amides is 4. The molecular formula is C26H38N4O3. The van der Waals surface area contributed by atoms with Crippen molar-refractivity contribution in [1.29, 1.82) is 0 Å². The molecule has 7 heteroatoms. The summed E-state index contributed by atoms with van der Waals surface area (Å²) in [6, 6.07) is 4.69. The molecule has 0 radical (unpaired) electrons. The Morgan fingerprint density at radius 3 is 2.42 bits per heavy atom. The third-order valence-electron chi connectivity index (χ3n) is 6.17. The van der Waals surface area contributed by atoms with Crippen LogP contribution in [-0.2, 0) is 9.59 Å². The van der Waals surface area contributed by atoms with Gasteiger partial charge in [0.25, 0.3) is 5.91 Å². The lowest BCUT2D eigenvalue weighted by atomic mass is 9.91. The smallest absolute Gasteiger partial charge is 0.322 e. The average molecular weight is 455 g/mol. The molecule has 0 bridgehead atoms. The van der Waals surface area contributed by atoms with E-state index in [9.17, 15) is 14.4 Å². The van der Waals surface area contributed by atoms with Crippen molar-refractivity contribution in [3.05, 3.63) is 46.2 Å². The maximum atomic E-state index is 13.9. The van der Waals surface area contributed by atoms with Gasteiger partial charge in [0.05, 0.1) is 23.9 Å². The Bertz CT molecular complexity index is 990. The van der Waals surface area contributed by atoms with Crippen LogP contribution in [0, 0.1) is 19.8 Å². The monoisotopic (exact) mass is 454 g/mol. The van der Waals surface area contributed by atoms with Gasteiger partial charge in [-0.3, -0.25) is 14.5 Å². The van der Waals surface area contributed by atoms with Crippen molar-refractivity contribution in [1.82, 2.24) is 20.4 Å². The summed E-state index contributed by atoms with van der Waals surface area (Å²) in [6.45, 7) is 16.5. The first-order valence-corrected chi connectivity index (χ1v) is 11.8. The van der Waals surface area contributed by atoms with Gasteiger partial charge in [-0.25, -0.2) is 4.79 Å². The molecule has 2 N–H and O–H groups in total. The number of rotatable bonds is 6. The highest BCUT2D eigenvalue weighted by molar-refractivity contribution is 6.03. The molecule has 180 valence electrons. The predicted octanol–water partition coefficient (Wildman–Crippen LogP) is 3.82. The van der Waals surface area contributed by atoms with Crippen LogP contribution in [0.5, 0.6) is 0 Å². The van der Waals surface area contributed by atoms with Crippen molar-refractivity contribution in [2.24, 2.45) is 5.92 Å². The Kier molecular flexibility index (Phi) is 6.91. The van der Waals surface area contributed by atoms with E-state index in [0.717, 1.165) is 16.7 Å². The number of nitrogens with zero attached hydrogens (tertiary/aromatic N) is 2. The second kappa shape index (κ2) is 9.20. The zero-order chi connectivity index (χ0) is 24.7. The molecule has 0 fully saturated rings. The van der Waals surface area contributed by atoms with E-state index >= 15 is 0 Å². The first-order valence-electron chi connectivity index (χ1n) is 11.8. The first-order chi connectivity index (χ1) is 15.3. The van der Waals surface area contributed by atoms with Crippen LogP contribution in [0.25, 0.3) is 0 Å². The Balaban J connectivity index is 2.04. The number of likely N-dealkylation sites (N-methyl/N-ethyl adjacent to an activating group) is 1. The van der Waals surface area contributed by atoms with Crippen LogP contribution in [0.3, 0.4) is 0 Å². The van der Waals surface area contributed by atoms with E-state index in [1.54, 1.807) is 9.80 Å². The molecule has 7 nitrogen and oxygen atoms in total. The molecule has 0 unspecified atom stereocenters. The third-order valence-corrected chi connectivity index (χ3v) is 6.17. The number of hydrogen-bond acceptors (Lipinski definition) is 3. The summed E-state index contributed by atoms with van der Waals surface area (Å²) >= 11 is 0. The summed E-state index contributed by atoms with van der Waals surface area (Å²) in [5, 5.41) is 6.09. The number of nitrogens with one attached hydrogen (secondary N) is 2. The van der Waals surface area contributed by atoms with Gasteiger partial charge >= 0.3 is 6.03 Å². The van der Waals surface area contributed by atoms with Crippen LogP contribution >= 0.6 is 0 Å². The number of carbonyl (C=O) groups excluding carboxylic acids is 3. The van der Waals surface area contributed by atoms with Gasteiger partial charge in [0.2, 0.25) is 5.91 Å². The Hall–Kier alpha value is -2.83. The number of benzene rings is 1. The lowest BCUT2D eigenvalue weighted by Gasteiger charge is -2.33. The highest BCUT2D eigenvalue weighted by Gasteiger charge is 2.47. The normalized spacial score (nSPS) is 19.7. The topological polar surface area (TPSA) is 81.8 Å². The molecule has 1 aromatic carbocycles. The second-order valence-electron chi connectivity index (χ2n) is 10.7. The van der Waals surface area contributed by atoms with Crippen molar-refractivity contribution >= 4 is 17.8 Å². The van der Waals surface area contributed by atoms with Gasteiger partial charge in [0, 0.05) is 12.1 Å². The molecular weight excluding hydrogens is 416 g/mol. The van der Waals surface area contributed by atoms with E-state index in [1.165, 1.54) is 0 Å². The van der Waals surface area contributed by atoms with Gasteiger partial charge in [-0.1, -0.05) is 37.6 Å². The summed E-state index contributed by atoms with van der Waals surface area (Å²) in [7, 11) is 0. The van der Waals surface area contributed by atoms with Crippen LogP contribution in [0.4, 0.5) is 4.79 Å². The number of urea groups is 1. The van der Waals surface area contributed by atoms with Crippen molar-refractivity contribution in [2.45, 2.75) is 79.4 Å². The molecule has 1 aromatic rings. The molecule has 0 saturated carbocycles. The van der Waals surface area contributed by atoms with Crippen LogP contribution < -0.4 is 10.6 Å². The molecule has 2 atom stereocenters. The Morgan fingerprint density at radius 1 is 1.21 bits per heavy atom. The predicted molar refractivity (Wildman–Crippen MR) is 129 cm³/mol. The van der Waals surface area contributed by atoms with Gasteiger partial charge in [0.1, 0.15) is 6.04 Å². The minimum atomic E-state index is -0.601. The van der Waals surface area contributed by atoms with Crippen molar-refractivity contribution in [2.75, 3.05) is 13.1 Å². The van der Waals surface area contributed by atoms with Gasteiger partial charge < -0.3 is 15.5 Å². The maximum absolute atomic E-state index is 13.9. The largest absolute Gasteiger partial charge is 0.350 e. The second-order valence-corrected chi connectivity index (χ2v) is 10.7. The third kappa shape index (κ3) is 5.07. The highest BCUT2D eigenvalue weighted by atomic mass is 16.2. The Morgan fingerprint density at radius 2 is 1.88 bits per heavy atom. The van der Waals surface area contributed by atoms with E-state index < -0.39 is 17.6 Å². The van der Waals surface area contributed by atoms with Crippen LogP contribution in [0.15, 0.2) is 29.5 Å². The highest BCUT2D eigenvalue weighted by Crippen LogP contribution is 2.38. The average Bonchev–Trinajstić information content (AvgIpc) is 3.01.